The number of phenols is 1. The van der Waals surface area contributed by atoms with E-state index in [0.717, 1.165) is 25.9 Å². The second-order valence-electron chi connectivity index (χ2n) is 5.83. The molecule has 0 saturated carbocycles. The number of benzene rings is 1. The maximum Gasteiger partial charge on any atom is 0.338 e. The van der Waals surface area contributed by atoms with Gasteiger partial charge in [-0.1, -0.05) is 0 Å². The molecule has 1 aliphatic heterocycles. The molecule has 1 aromatic rings. The van der Waals surface area contributed by atoms with E-state index in [0.29, 0.717) is 18.7 Å². The molecule has 0 aromatic heterocycles. The van der Waals surface area contributed by atoms with Crippen LogP contribution in [0.15, 0.2) is 18.2 Å². The van der Waals surface area contributed by atoms with Crippen molar-refractivity contribution in [3.05, 3.63) is 33.9 Å². The number of hydrogen-bond donors (Lipinski definition) is 1. The smallest absolute Gasteiger partial charge is 0.338 e. The van der Waals surface area contributed by atoms with E-state index in [1.807, 2.05) is 0 Å². The molecule has 9 heteroatoms. The Bertz CT molecular complexity index is 600. The molecule has 138 valence electrons. The first-order chi connectivity index (χ1) is 12.0. The molecule has 1 saturated heterocycles. The van der Waals surface area contributed by atoms with Gasteiger partial charge in [0, 0.05) is 6.54 Å². The van der Waals surface area contributed by atoms with Crippen LogP contribution in [-0.4, -0.2) is 61.0 Å². The molecule has 1 aromatic carbocycles. The zero-order chi connectivity index (χ0) is 18.2. The zero-order valence-corrected chi connectivity index (χ0v) is 14.1. The molecule has 0 atom stereocenters. The summed E-state index contributed by atoms with van der Waals surface area (Å²) in [5.74, 6) is -0.0112. The van der Waals surface area contributed by atoms with Crippen molar-refractivity contribution < 1.29 is 29.3 Å². The van der Waals surface area contributed by atoms with Gasteiger partial charge in [0.25, 0.3) is 5.09 Å². The summed E-state index contributed by atoms with van der Waals surface area (Å²) < 4.78 is 10.3. The standard InChI is InChI=1S/C16H22N2O7/c1-23-15-10-13(2-3-14(15)19)16(20)24-11-12-4-6-17(7-5-12)8-9-25-18(21)22/h2-3,10,12,19H,4-9,11H2,1H3. The summed E-state index contributed by atoms with van der Waals surface area (Å²) in [4.78, 5) is 28.6. The minimum absolute atomic E-state index is 0.0347. The van der Waals surface area contributed by atoms with Crippen molar-refractivity contribution in [3.63, 3.8) is 0 Å². The Balaban J connectivity index is 1.72. The lowest BCUT2D eigenvalue weighted by atomic mass is 9.98. The van der Waals surface area contributed by atoms with Crippen LogP contribution >= 0.6 is 0 Å². The zero-order valence-electron chi connectivity index (χ0n) is 14.1. The highest BCUT2D eigenvalue weighted by Crippen LogP contribution is 2.26. The van der Waals surface area contributed by atoms with Crippen LogP contribution in [0.2, 0.25) is 0 Å². The van der Waals surface area contributed by atoms with Crippen LogP contribution in [0.4, 0.5) is 0 Å². The van der Waals surface area contributed by atoms with Crippen molar-refractivity contribution in [1.82, 2.24) is 4.90 Å². The third kappa shape index (κ3) is 5.79. The minimum atomic E-state index is -0.787. The second kappa shape index (κ2) is 9.07. The summed E-state index contributed by atoms with van der Waals surface area (Å²) in [5, 5.41) is 18.9. The maximum absolute atomic E-state index is 12.1. The van der Waals surface area contributed by atoms with Crippen molar-refractivity contribution in [2.24, 2.45) is 5.92 Å². The third-order valence-corrected chi connectivity index (χ3v) is 4.18. The number of nitrogens with zero attached hydrogens (tertiary/aromatic N) is 2. The molecule has 2 rings (SSSR count). The van der Waals surface area contributed by atoms with Crippen LogP contribution in [0.5, 0.6) is 11.5 Å². The molecule has 0 aliphatic carbocycles. The number of ether oxygens (including phenoxy) is 2. The van der Waals surface area contributed by atoms with Crippen molar-refractivity contribution in [3.8, 4) is 11.5 Å². The average molecular weight is 354 g/mol. The number of methoxy groups -OCH3 is 1. The highest BCUT2D eigenvalue weighted by Gasteiger charge is 2.21. The van der Waals surface area contributed by atoms with Crippen molar-refractivity contribution in [2.75, 3.05) is 40.0 Å². The van der Waals surface area contributed by atoms with E-state index in [1.54, 1.807) is 0 Å². The molecule has 1 heterocycles. The number of carbonyl (C=O) groups is 1. The molecule has 1 N–H and O–H groups in total. The Morgan fingerprint density at radius 3 is 2.76 bits per heavy atom. The average Bonchev–Trinajstić information content (AvgIpc) is 2.61. The summed E-state index contributed by atoms with van der Waals surface area (Å²) in [6, 6.07) is 4.31. The fourth-order valence-corrected chi connectivity index (χ4v) is 2.70. The lowest BCUT2D eigenvalue weighted by Crippen LogP contribution is -2.37. The van der Waals surface area contributed by atoms with E-state index in [-0.39, 0.29) is 24.0 Å². The molecule has 0 spiro atoms. The van der Waals surface area contributed by atoms with Crippen LogP contribution in [0.1, 0.15) is 23.2 Å². The van der Waals surface area contributed by atoms with E-state index >= 15 is 0 Å². The van der Waals surface area contributed by atoms with Gasteiger partial charge in [-0.15, -0.1) is 10.1 Å². The maximum atomic E-state index is 12.1. The molecule has 25 heavy (non-hydrogen) atoms. The molecule has 0 bridgehead atoms. The molecule has 9 nitrogen and oxygen atoms in total. The first kappa shape index (κ1) is 18.8. The van der Waals surface area contributed by atoms with Gasteiger partial charge in [-0.05, 0) is 50.0 Å². The number of likely N-dealkylation sites (tertiary alicyclic amines) is 1. The quantitative estimate of drug-likeness (QED) is 0.424. The predicted molar refractivity (Wildman–Crippen MR) is 87.1 cm³/mol. The van der Waals surface area contributed by atoms with E-state index in [9.17, 15) is 20.0 Å². The van der Waals surface area contributed by atoms with Gasteiger partial charge < -0.3 is 24.3 Å². The molecule has 0 radical (unpaired) electrons. The topological polar surface area (TPSA) is 111 Å². The highest BCUT2D eigenvalue weighted by atomic mass is 16.9. The Morgan fingerprint density at radius 1 is 1.40 bits per heavy atom. The molecule has 0 amide bonds. The summed E-state index contributed by atoms with van der Waals surface area (Å²) in [6.45, 7) is 2.48. The largest absolute Gasteiger partial charge is 0.504 e. The molecular formula is C16H22N2O7. The fraction of sp³-hybridized carbons (Fsp3) is 0.562. The van der Waals surface area contributed by atoms with Gasteiger partial charge in [-0.2, -0.15) is 0 Å². The van der Waals surface area contributed by atoms with Gasteiger partial charge >= 0.3 is 5.97 Å². The van der Waals surface area contributed by atoms with Gasteiger partial charge in [0.2, 0.25) is 0 Å². The minimum Gasteiger partial charge on any atom is -0.504 e. The fourth-order valence-electron chi connectivity index (χ4n) is 2.70. The first-order valence-electron chi connectivity index (χ1n) is 8.03. The van der Waals surface area contributed by atoms with Crippen LogP contribution < -0.4 is 4.74 Å². The monoisotopic (exact) mass is 354 g/mol. The Kier molecular flexibility index (Phi) is 6.81. The number of esters is 1. The summed E-state index contributed by atoms with van der Waals surface area (Å²) in [5.41, 5.74) is 0.323. The van der Waals surface area contributed by atoms with E-state index in [2.05, 4.69) is 9.74 Å². The summed E-state index contributed by atoms with van der Waals surface area (Å²) >= 11 is 0. The lowest BCUT2D eigenvalue weighted by Gasteiger charge is -2.31. The Hall–Kier alpha value is -2.55. The number of phenolic OH excluding ortho intramolecular Hbond substituents is 1. The van der Waals surface area contributed by atoms with Crippen LogP contribution in [-0.2, 0) is 9.57 Å². The van der Waals surface area contributed by atoms with Crippen LogP contribution in [0.25, 0.3) is 0 Å². The molecular weight excluding hydrogens is 332 g/mol. The van der Waals surface area contributed by atoms with Gasteiger partial charge in [0.1, 0.15) is 6.61 Å². The van der Waals surface area contributed by atoms with Gasteiger partial charge in [0.15, 0.2) is 11.5 Å². The number of hydrogen-bond acceptors (Lipinski definition) is 8. The van der Waals surface area contributed by atoms with Crippen LogP contribution in [0, 0.1) is 16.0 Å². The normalized spacial score (nSPS) is 15.6. The predicted octanol–water partition coefficient (Wildman–Crippen LogP) is 1.48. The van der Waals surface area contributed by atoms with Crippen molar-refractivity contribution in [1.29, 1.82) is 0 Å². The van der Waals surface area contributed by atoms with Crippen LogP contribution in [0.3, 0.4) is 0 Å². The van der Waals surface area contributed by atoms with Crippen molar-refractivity contribution in [2.45, 2.75) is 12.8 Å². The molecule has 1 fully saturated rings. The van der Waals surface area contributed by atoms with Gasteiger partial charge in [-0.25, -0.2) is 4.79 Å². The number of aromatic hydroxyl groups is 1. The van der Waals surface area contributed by atoms with E-state index in [1.165, 1.54) is 25.3 Å². The number of carbonyl (C=O) groups excluding carboxylic acids is 1. The first-order valence-corrected chi connectivity index (χ1v) is 8.03. The second-order valence-corrected chi connectivity index (χ2v) is 5.83. The van der Waals surface area contributed by atoms with Crippen molar-refractivity contribution >= 4 is 5.97 Å². The number of rotatable bonds is 8. The summed E-state index contributed by atoms with van der Waals surface area (Å²) in [6.07, 6.45) is 1.70. The van der Waals surface area contributed by atoms with E-state index in [4.69, 9.17) is 9.47 Å². The lowest BCUT2D eigenvalue weighted by molar-refractivity contribution is -0.757. The third-order valence-electron chi connectivity index (χ3n) is 4.18. The van der Waals surface area contributed by atoms with Gasteiger partial charge in [0.05, 0.1) is 19.3 Å². The van der Waals surface area contributed by atoms with Gasteiger partial charge in [-0.3, -0.25) is 0 Å². The highest BCUT2D eigenvalue weighted by molar-refractivity contribution is 5.90. The SMILES string of the molecule is COc1cc(C(=O)OCC2CCN(CCO[N+](=O)[O-])CC2)ccc1O. The Morgan fingerprint density at radius 2 is 2.12 bits per heavy atom. The van der Waals surface area contributed by atoms with E-state index < -0.39 is 11.1 Å². The molecule has 0 unspecified atom stereocenters. The summed E-state index contributed by atoms with van der Waals surface area (Å²) in [7, 11) is 1.41. The number of piperidine rings is 1. The molecule has 1 aliphatic rings. The Labute approximate surface area is 145 Å².